The van der Waals surface area contributed by atoms with Gasteiger partial charge in [0.15, 0.2) is 21.0 Å². The highest BCUT2D eigenvalue weighted by Gasteiger charge is 2.10. The molecule has 0 aliphatic carbocycles. The molecular weight excluding hydrogens is 242 g/mol. The number of thiazole rings is 1. The van der Waals surface area contributed by atoms with Gasteiger partial charge in [-0.25, -0.2) is 4.99 Å². The molecular formula is C10H11N3OS2. The lowest BCUT2D eigenvalue weighted by Crippen LogP contribution is -1.95. The van der Waals surface area contributed by atoms with Gasteiger partial charge in [-0.2, -0.15) is 5.26 Å². The van der Waals surface area contributed by atoms with Crippen LogP contribution in [0.3, 0.4) is 0 Å². The SMILES string of the molecule is C=CCn1c(N=COCC)c(C#N)sc1=S. The monoisotopic (exact) mass is 253 g/mol. The van der Waals surface area contributed by atoms with E-state index in [-0.39, 0.29) is 0 Å². The van der Waals surface area contributed by atoms with Gasteiger partial charge in [0.05, 0.1) is 6.61 Å². The lowest BCUT2D eigenvalue weighted by Gasteiger charge is -2.00. The van der Waals surface area contributed by atoms with Crippen molar-refractivity contribution in [3.05, 3.63) is 21.5 Å². The summed E-state index contributed by atoms with van der Waals surface area (Å²) in [5.74, 6) is 0.533. The Morgan fingerprint density at radius 3 is 3.06 bits per heavy atom. The number of ether oxygens (including phenoxy) is 1. The summed E-state index contributed by atoms with van der Waals surface area (Å²) in [7, 11) is 0. The van der Waals surface area contributed by atoms with Crippen molar-refractivity contribution < 1.29 is 4.74 Å². The molecule has 0 unspecified atom stereocenters. The minimum absolute atomic E-state index is 0.489. The summed E-state index contributed by atoms with van der Waals surface area (Å²) >= 11 is 6.38. The summed E-state index contributed by atoms with van der Waals surface area (Å²) in [5, 5.41) is 8.94. The summed E-state index contributed by atoms with van der Waals surface area (Å²) in [6.07, 6.45) is 3.04. The van der Waals surface area contributed by atoms with Crippen LogP contribution < -0.4 is 0 Å². The zero-order valence-corrected chi connectivity index (χ0v) is 10.5. The van der Waals surface area contributed by atoms with Crippen molar-refractivity contribution in [2.24, 2.45) is 4.99 Å². The van der Waals surface area contributed by atoms with Crippen molar-refractivity contribution in [3.8, 4) is 6.07 Å². The topological polar surface area (TPSA) is 50.3 Å². The fourth-order valence-corrected chi connectivity index (χ4v) is 2.21. The third-order valence-electron chi connectivity index (χ3n) is 1.70. The van der Waals surface area contributed by atoms with E-state index in [1.54, 1.807) is 10.6 Å². The molecule has 0 aliphatic heterocycles. The average molecular weight is 253 g/mol. The minimum atomic E-state index is 0.489. The molecule has 0 N–H and O–H groups in total. The Kier molecular flexibility index (Phi) is 4.89. The van der Waals surface area contributed by atoms with Crippen LogP contribution in [0.2, 0.25) is 0 Å². The molecule has 0 fully saturated rings. The van der Waals surface area contributed by atoms with E-state index in [9.17, 15) is 0 Å². The zero-order chi connectivity index (χ0) is 12.0. The first kappa shape index (κ1) is 12.6. The number of allylic oxidation sites excluding steroid dienone is 1. The Hall–Kier alpha value is -1.45. The van der Waals surface area contributed by atoms with E-state index in [1.807, 2.05) is 6.92 Å². The van der Waals surface area contributed by atoms with E-state index in [4.69, 9.17) is 22.2 Å². The van der Waals surface area contributed by atoms with E-state index in [0.29, 0.717) is 27.8 Å². The van der Waals surface area contributed by atoms with Crippen molar-refractivity contribution in [2.45, 2.75) is 13.5 Å². The molecule has 1 heterocycles. The summed E-state index contributed by atoms with van der Waals surface area (Å²) in [4.78, 5) is 4.58. The Bertz CT molecular complexity index is 493. The first-order chi connectivity index (χ1) is 7.74. The third-order valence-corrected chi connectivity index (χ3v) is 3.04. The molecule has 0 aliphatic rings. The lowest BCUT2D eigenvalue weighted by molar-refractivity contribution is 0.343. The van der Waals surface area contributed by atoms with Crippen molar-refractivity contribution in [1.29, 1.82) is 5.26 Å². The van der Waals surface area contributed by atoms with E-state index in [2.05, 4.69) is 17.6 Å². The molecule has 0 saturated carbocycles. The number of hydrogen-bond acceptors (Lipinski definition) is 5. The second-order valence-corrected chi connectivity index (χ2v) is 4.37. The van der Waals surface area contributed by atoms with Crippen LogP contribution in [0.5, 0.6) is 0 Å². The molecule has 0 saturated heterocycles. The molecule has 0 aromatic carbocycles. The minimum Gasteiger partial charge on any atom is -0.483 e. The van der Waals surface area contributed by atoms with Gasteiger partial charge in [-0.15, -0.1) is 6.58 Å². The predicted molar refractivity (Wildman–Crippen MR) is 67.8 cm³/mol. The van der Waals surface area contributed by atoms with E-state index in [1.165, 1.54) is 17.7 Å². The Balaban J connectivity index is 3.17. The van der Waals surface area contributed by atoms with Gasteiger partial charge < -0.3 is 9.30 Å². The van der Waals surface area contributed by atoms with Crippen molar-refractivity contribution in [1.82, 2.24) is 4.57 Å². The zero-order valence-electron chi connectivity index (χ0n) is 8.84. The van der Waals surface area contributed by atoms with Crippen LogP contribution in [-0.2, 0) is 11.3 Å². The maximum atomic E-state index is 8.94. The number of rotatable bonds is 5. The smallest absolute Gasteiger partial charge is 0.176 e. The number of hydrogen-bond donors (Lipinski definition) is 0. The molecule has 6 heteroatoms. The molecule has 0 amide bonds. The second kappa shape index (κ2) is 6.20. The number of nitrogens with zero attached hydrogens (tertiary/aromatic N) is 3. The van der Waals surface area contributed by atoms with Crippen LogP contribution >= 0.6 is 23.6 Å². The molecule has 0 atom stereocenters. The largest absolute Gasteiger partial charge is 0.483 e. The maximum absolute atomic E-state index is 8.94. The van der Waals surface area contributed by atoms with Gasteiger partial charge in [0.2, 0.25) is 0 Å². The van der Waals surface area contributed by atoms with Crippen molar-refractivity contribution in [2.75, 3.05) is 6.61 Å². The first-order valence-corrected chi connectivity index (χ1v) is 5.85. The summed E-state index contributed by atoms with van der Waals surface area (Å²) in [6.45, 7) is 6.58. The lowest BCUT2D eigenvalue weighted by atomic mass is 10.5. The first-order valence-electron chi connectivity index (χ1n) is 4.63. The molecule has 84 valence electrons. The summed E-state index contributed by atoms with van der Waals surface area (Å²) in [5.41, 5.74) is 0. The highest BCUT2D eigenvalue weighted by molar-refractivity contribution is 7.73. The Labute approximate surface area is 103 Å². The number of nitriles is 1. The summed E-state index contributed by atoms with van der Waals surface area (Å²) < 4.78 is 7.37. The van der Waals surface area contributed by atoms with E-state index < -0.39 is 0 Å². The Morgan fingerprint density at radius 2 is 2.50 bits per heavy atom. The van der Waals surface area contributed by atoms with Gasteiger partial charge in [0.1, 0.15) is 6.07 Å². The highest BCUT2D eigenvalue weighted by atomic mass is 32.1. The Morgan fingerprint density at radius 1 is 1.75 bits per heavy atom. The molecule has 0 radical (unpaired) electrons. The van der Waals surface area contributed by atoms with Crippen LogP contribution in [0.1, 0.15) is 11.8 Å². The van der Waals surface area contributed by atoms with Crippen molar-refractivity contribution >= 4 is 35.8 Å². The molecule has 16 heavy (non-hydrogen) atoms. The summed E-state index contributed by atoms with van der Waals surface area (Å²) in [6, 6.07) is 2.07. The van der Waals surface area contributed by atoms with Crippen LogP contribution in [0, 0.1) is 15.3 Å². The van der Waals surface area contributed by atoms with Gasteiger partial charge in [0, 0.05) is 6.54 Å². The van der Waals surface area contributed by atoms with E-state index in [0.717, 1.165) is 0 Å². The van der Waals surface area contributed by atoms with Crippen LogP contribution in [-0.4, -0.2) is 17.6 Å². The molecule has 0 spiro atoms. The van der Waals surface area contributed by atoms with Gasteiger partial charge in [-0.1, -0.05) is 17.4 Å². The normalized spacial score (nSPS) is 10.2. The van der Waals surface area contributed by atoms with Gasteiger partial charge in [-0.05, 0) is 19.1 Å². The maximum Gasteiger partial charge on any atom is 0.176 e. The van der Waals surface area contributed by atoms with Crippen LogP contribution in [0.25, 0.3) is 0 Å². The highest BCUT2D eigenvalue weighted by Crippen LogP contribution is 2.26. The average Bonchev–Trinajstić information content (AvgIpc) is 2.58. The fraction of sp³-hybridized carbons (Fsp3) is 0.300. The standard InChI is InChI=1S/C10H11N3OS2/c1-3-5-13-9(12-7-14-4-2)8(6-11)16-10(13)15/h3,7H,1,4-5H2,2H3. The van der Waals surface area contributed by atoms with E-state index >= 15 is 0 Å². The molecule has 1 aromatic rings. The quantitative estimate of drug-likeness (QED) is 0.351. The van der Waals surface area contributed by atoms with Crippen LogP contribution in [0.15, 0.2) is 17.6 Å². The van der Waals surface area contributed by atoms with Gasteiger partial charge in [0.25, 0.3) is 0 Å². The van der Waals surface area contributed by atoms with Crippen LogP contribution in [0.4, 0.5) is 5.82 Å². The van der Waals surface area contributed by atoms with Gasteiger partial charge >= 0.3 is 0 Å². The number of aromatic nitrogens is 1. The third kappa shape index (κ3) is 2.78. The predicted octanol–water partition coefficient (Wildman–Crippen LogP) is 3.03. The number of aliphatic imine (C=N–C) groups is 1. The fourth-order valence-electron chi connectivity index (χ4n) is 1.05. The molecule has 1 aromatic heterocycles. The van der Waals surface area contributed by atoms with Gasteiger partial charge in [-0.3, -0.25) is 0 Å². The molecule has 4 nitrogen and oxygen atoms in total. The van der Waals surface area contributed by atoms with Crippen molar-refractivity contribution in [3.63, 3.8) is 0 Å². The second-order valence-electron chi connectivity index (χ2n) is 2.72. The molecule has 1 rings (SSSR count). The molecule has 0 bridgehead atoms.